The maximum atomic E-state index is 13.3. The molecule has 2 aliphatic heterocycles. The third-order valence-electron chi connectivity index (χ3n) is 16.2. The Balaban J connectivity index is 0.000000333. The number of hydrogen-bond donors (Lipinski definition) is 6. The highest BCUT2D eigenvalue weighted by Gasteiger charge is 2.38. The summed E-state index contributed by atoms with van der Waals surface area (Å²) in [5.74, 6) is -5.34. The summed E-state index contributed by atoms with van der Waals surface area (Å²) < 4.78 is 14.4. The van der Waals surface area contributed by atoms with Crippen molar-refractivity contribution in [1.29, 1.82) is 0 Å². The SMILES string of the molecule is C/C=C/C(C)C(C)C(=O)O[C@H](C(=O)N[C@@H](C)C(=O)N1CCC[C@@H](C(=O)OCC(Cl)(Cl)Cl)N1)C(C)C.C=Cc1cc2cc([C@@H](C)N)ccc2cn1.C=Cc1cc2cc([C@@H](C)NC(=O)[C@@H]3CCCN(C(=O)[C@H](C)NC(=O)[C@@H](OC(=O)C(C)C(C)/C=C/C)C(C)C)N3)ccc2cn1. The number of allylic oxidation sites excluding steroid dienone is 4. The predicted octanol–water partition coefficient (Wildman–Crippen LogP) is 10.7. The van der Waals surface area contributed by atoms with Crippen molar-refractivity contribution in [3.8, 4) is 0 Å². The second kappa shape index (κ2) is 37.7. The van der Waals surface area contributed by atoms with Crippen LogP contribution in [0.2, 0.25) is 0 Å². The molecule has 21 nitrogen and oxygen atoms in total. The number of hydrogen-bond acceptors (Lipinski definition) is 16. The van der Waals surface area contributed by atoms with Crippen LogP contribution in [0, 0.1) is 35.5 Å². The molecule has 24 heteroatoms. The number of nitrogens with zero attached hydrogens (tertiary/aromatic N) is 4. The molecular formula is C70H97Cl3N10O11. The number of halogens is 3. The molecule has 0 aliphatic carbocycles. The molecule has 2 aromatic heterocycles. The highest BCUT2D eigenvalue weighted by atomic mass is 35.6. The number of nitrogens with one attached hydrogen (secondary N) is 5. The van der Waals surface area contributed by atoms with Gasteiger partial charge in [-0.2, -0.15) is 0 Å². The Morgan fingerprint density at radius 3 is 1.44 bits per heavy atom. The molecule has 514 valence electrons. The number of fused-ring (bicyclic) bond motifs is 2. The molecule has 5 amide bonds. The highest BCUT2D eigenvalue weighted by molar-refractivity contribution is 6.67. The number of esters is 3. The Kier molecular flexibility index (Phi) is 31.8. The van der Waals surface area contributed by atoms with E-state index >= 15 is 0 Å². The lowest BCUT2D eigenvalue weighted by atomic mass is 9.95. The van der Waals surface area contributed by atoms with Crippen LogP contribution in [0.25, 0.3) is 33.7 Å². The number of ether oxygens (including phenoxy) is 3. The monoisotopic (exact) mass is 1360 g/mol. The minimum atomic E-state index is -1.74. The number of aromatic nitrogens is 2. The van der Waals surface area contributed by atoms with E-state index in [1.54, 1.807) is 66.8 Å². The maximum Gasteiger partial charge on any atom is 0.325 e. The summed E-state index contributed by atoms with van der Waals surface area (Å²) in [4.78, 5) is 112. The van der Waals surface area contributed by atoms with Crippen molar-refractivity contribution < 1.29 is 52.6 Å². The second-order valence-corrected chi connectivity index (χ2v) is 27.2. The van der Waals surface area contributed by atoms with Crippen LogP contribution in [0.4, 0.5) is 0 Å². The van der Waals surface area contributed by atoms with E-state index in [4.69, 9.17) is 54.7 Å². The van der Waals surface area contributed by atoms with Gasteiger partial charge in [0.2, 0.25) is 9.70 Å². The van der Waals surface area contributed by atoms with Crippen LogP contribution in [0.3, 0.4) is 0 Å². The van der Waals surface area contributed by atoms with Gasteiger partial charge in [0.05, 0.1) is 29.3 Å². The molecule has 2 saturated heterocycles. The minimum Gasteiger partial charge on any atom is -0.460 e. The largest absolute Gasteiger partial charge is 0.460 e. The quantitative estimate of drug-likeness (QED) is 0.0165. The minimum absolute atomic E-state index is 0.0437. The van der Waals surface area contributed by atoms with Gasteiger partial charge in [-0.25, -0.2) is 10.9 Å². The highest BCUT2D eigenvalue weighted by Crippen LogP contribution is 2.28. The molecule has 0 bridgehead atoms. The lowest BCUT2D eigenvalue weighted by Gasteiger charge is -2.35. The first-order valence-electron chi connectivity index (χ1n) is 32.0. The first kappa shape index (κ1) is 79.2. The summed E-state index contributed by atoms with van der Waals surface area (Å²) in [6, 6.07) is 12.7. The number of benzene rings is 2. The number of amides is 5. The number of carbonyl (C=O) groups is 8. The molecule has 0 saturated carbocycles. The number of nitrogens with two attached hydrogens (primary N) is 1. The Morgan fingerprint density at radius 1 is 0.617 bits per heavy atom. The van der Waals surface area contributed by atoms with E-state index in [1.165, 1.54) is 16.9 Å². The van der Waals surface area contributed by atoms with Crippen molar-refractivity contribution >= 4 is 116 Å². The van der Waals surface area contributed by atoms with Gasteiger partial charge in [0.15, 0.2) is 12.2 Å². The first-order valence-corrected chi connectivity index (χ1v) is 33.1. The zero-order valence-electron chi connectivity index (χ0n) is 56.7. The molecule has 0 spiro atoms. The summed E-state index contributed by atoms with van der Waals surface area (Å²) in [5, 5.41) is 15.3. The summed E-state index contributed by atoms with van der Waals surface area (Å²) in [5.41, 5.74) is 15.4. The van der Waals surface area contributed by atoms with E-state index in [-0.39, 0.29) is 47.6 Å². The van der Waals surface area contributed by atoms with Gasteiger partial charge < -0.3 is 35.9 Å². The van der Waals surface area contributed by atoms with E-state index < -0.39 is 94.2 Å². The standard InChI is InChI=1S/C34H47N5O5.C23H36Cl3N3O6.C13H14N2/c1-9-12-21(5)22(6)34(43)44-30(20(3)4)32(41)37-24(8)33(42)39-16-11-13-29(38-39)31(40)36-23(7)25-14-15-26-19-35-28(10-2)18-27(26)17-25;1-7-9-14(4)15(5)21(32)35-18(13(2)3)19(30)27-16(6)20(31)29-11-8-10-17(28-29)22(33)34-12-23(24,25)26;1-3-13-7-12-6-10(9(2)14)4-5-11(12)8-15-13/h9-10,12,14-15,17-24,29-30,38H,2,11,13,16H2,1,3-8H3,(H,36,40)(H,37,41);7,9,13-18,28H,8,10-12H2,1-6H3,(H,27,30);3-9H,1,14H2,2H3/b12-9+;9-7+;/t21?,22?,23-,24+,29+,30+;14?,15?,16-,17-,18-;9-/m101/s1. The normalized spacial score (nSPS) is 18.3. The Hall–Kier alpha value is -7.27. The van der Waals surface area contributed by atoms with Crippen LogP contribution in [-0.4, -0.2) is 127 Å². The lowest BCUT2D eigenvalue weighted by molar-refractivity contribution is -0.163. The Bertz CT molecular complexity index is 3340. The number of hydrazine groups is 2. The van der Waals surface area contributed by atoms with Crippen LogP contribution in [0.1, 0.15) is 157 Å². The number of alkyl halides is 3. The van der Waals surface area contributed by atoms with E-state index in [9.17, 15) is 38.4 Å². The zero-order chi connectivity index (χ0) is 70.3. The second-order valence-electron chi connectivity index (χ2n) is 24.7. The molecule has 2 aliphatic rings. The van der Waals surface area contributed by atoms with Crippen LogP contribution < -0.4 is 32.5 Å². The summed E-state index contributed by atoms with van der Waals surface area (Å²) >= 11 is 16.8. The van der Waals surface area contributed by atoms with Crippen molar-refractivity contribution in [2.75, 3.05) is 19.7 Å². The molecule has 4 aromatic rings. The van der Waals surface area contributed by atoms with Crippen molar-refractivity contribution in [2.24, 2.45) is 41.2 Å². The van der Waals surface area contributed by atoms with Crippen LogP contribution in [0.15, 0.2) is 98.4 Å². The fraction of sp³-hybridized carbons (Fsp3) is 0.514. The molecule has 2 aromatic carbocycles. The van der Waals surface area contributed by atoms with E-state index in [0.717, 1.165) is 44.1 Å². The van der Waals surface area contributed by atoms with Crippen molar-refractivity contribution in [2.45, 2.75) is 175 Å². The third kappa shape index (κ3) is 24.2. The molecule has 7 N–H and O–H groups in total. The van der Waals surface area contributed by atoms with Crippen LogP contribution in [-0.2, 0) is 52.6 Å². The molecule has 6 rings (SSSR count). The first-order chi connectivity index (χ1) is 44.2. The van der Waals surface area contributed by atoms with Gasteiger partial charge in [-0.1, -0.05) is 152 Å². The molecule has 12 atom stereocenters. The predicted molar refractivity (Wildman–Crippen MR) is 371 cm³/mol. The van der Waals surface area contributed by atoms with Crippen molar-refractivity contribution in [3.05, 3.63) is 121 Å². The molecule has 94 heavy (non-hydrogen) atoms. The van der Waals surface area contributed by atoms with Gasteiger partial charge >= 0.3 is 17.9 Å². The average Bonchev–Trinajstić information content (AvgIpc) is 0.968. The van der Waals surface area contributed by atoms with Gasteiger partial charge in [0.25, 0.3) is 23.6 Å². The topological polar surface area (TPSA) is 283 Å². The summed E-state index contributed by atoms with van der Waals surface area (Å²) in [6.07, 6.45) is 14.7. The number of pyridine rings is 2. The fourth-order valence-electron chi connectivity index (χ4n) is 10.0. The summed E-state index contributed by atoms with van der Waals surface area (Å²) in [7, 11) is 0. The maximum absolute atomic E-state index is 13.3. The Labute approximate surface area is 569 Å². The van der Waals surface area contributed by atoms with E-state index in [2.05, 4.69) is 56.0 Å². The molecule has 4 unspecified atom stereocenters. The lowest BCUT2D eigenvalue weighted by Crippen LogP contribution is -2.61. The zero-order valence-corrected chi connectivity index (χ0v) is 58.9. The number of rotatable bonds is 24. The molecule has 2 fully saturated rings. The van der Waals surface area contributed by atoms with Gasteiger partial charge in [-0.05, 0) is 149 Å². The molecular weight excluding hydrogens is 1260 g/mol. The Morgan fingerprint density at radius 2 is 1.03 bits per heavy atom. The van der Waals surface area contributed by atoms with Gasteiger partial charge in [-0.3, -0.25) is 58.3 Å². The van der Waals surface area contributed by atoms with Crippen LogP contribution in [0.5, 0.6) is 0 Å². The van der Waals surface area contributed by atoms with E-state index in [1.807, 2.05) is 115 Å². The summed E-state index contributed by atoms with van der Waals surface area (Å²) in [6.45, 7) is 32.9. The van der Waals surface area contributed by atoms with Gasteiger partial charge in [0, 0.05) is 42.3 Å². The molecule has 4 heterocycles. The average molecular weight is 1360 g/mol. The molecule has 0 radical (unpaired) electrons. The third-order valence-corrected chi connectivity index (χ3v) is 16.5. The van der Waals surface area contributed by atoms with Gasteiger partial charge in [-0.15, -0.1) is 0 Å². The smallest absolute Gasteiger partial charge is 0.325 e. The van der Waals surface area contributed by atoms with Crippen molar-refractivity contribution in [1.82, 2.24) is 46.8 Å². The fourth-order valence-corrected chi connectivity index (χ4v) is 10.2. The van der Waals surface area contributed by atoms with Crippen molar-refractivity contribution in [3.63, 3.8) is 0 Å². The number of carbonyl (C=O) groups excluding carboxylic acids is 8. The van der Waals surface area contributed by atoms with Crippen LogP contribution >= 0.6 is 34.8 Å². The van der Waals surface area contributed by atoms with Gasteiger partial charge in [0.1, 0.15) is 30.8 Å². The van der Waals surface area contributed by atoms with E-state index in [0.29, 0.717) is 38.8 Å².